The predicted molar refractivity (Wildman–Crippen MR) is 63.8 cm³/mol. The van der Waals surface area contributed by atoms with E-state index in [-0.39, 0.29) is 5.60 Å². The van der Waals surface area contributed by atoms with Gasteiger partial charge in [-0.1, -0.05) is 18.2 Å². The van der Waals surface area contributed by atoms with Gasteiger partial charge in [0.05, 0.1) is 18.8 Å². The van der Waals surface area contributed by atoms with Gasteiger partial charge in [-0.05, 0) is 19.9 Å². The minimum atomic E-state index is -0.252. The summed E-state index contributed by atoms with van der Waals surface area (Å²) in [5.74, 6) is 1.32. The molecule has 2 N–H and O–H groups in total. The van der Waals surface area contributed by atoms with E-state index < -0.39 is 0 Å². The van der Waals surface area contributed by atoms with E-state index in [1.165, 1.54) is 5.56 Å². The van der Waals surface area contributed by atoms with Crippen molar-refractivity contribution >= 4 is 0 Å². The van der Waals surface area contributed by atoms with Crippen LogP contribution < -0.4 is 10.5 Å². The van der Waals surface area contributed by atoms with Crippen molar-refractivity contribution in [2.75, 3.05) is 19.8 Å². The van der Waals surface area contributed by atoms with Gasteiger partial charge >= 0.3 is 0 Å². The highest BCUT2D eigenvalue weighted by atomic mass is 16.5. The molecule has 0 aromatic heterocycles. The zero-order valence-corrected chi connectivity index (χ0v) is 9.90. The predicted octanol–water partition coefficient (Wildman–Crippen LogP) is 1.92. The summed E-state index contributed by atoms with van der Waals surface area (Å²) < 4.78 is 11.4. The van der Waals surface area contributed by atoms with Crippen LogP contribution in [0.15, 0.2) is 24.3 Å². The Bertz CT molecular complexity index is 363. The molecule has 0 saturated carbocycles. The molecular weight excluding hydrogens is 202 g/mol. The fraction of sp³-hybridized carbons (Fsp3) is 0.538. The van der Waals surface area contributed by atoms with Gasteiger partial charge in [-0.2, -0.15) is 0 Å². The molecule has 1 unspecified atom stereocenters. The summed E-state index contributed by atoms with van der Waals surface area (Å²) in [4.78, 5) is 0. The summed E-state index contributed by atoms with van der Waals surface area (Å²) in [5, 5.41) is 0. The van der Waals surface area contributed by atoms with Crippen LogP contribution in [0.5, 0.6) is 5.75 Å². The van der Waals surface area contributed by atoms with Crippen molar-refractivity contribution in [3.63, 3.8) is 0 Å². The summed E-state index contributed by atoms with van der Waals surface area (Å²) in [7, 11) is 0. The Balaban J connectivity index is 1.99. The quantitative estimate of drug-likeness (QED) is 0.844. The Labute approximate surface area is 96.5 Å². The van der Waals surface area contributed by atoms with Crippen molar-refractivity contribution in [3.05, 3.63) is 29.8 Å². The largest absolute Gasteiger partial charge is 0.493 e. The van der Waals surface area contributed by atoms with E-state index in [4.69, 9.17) is 15.2 Å². The topological polar surface area (TPSA) is 44.5 Å². The maximum absolute atomic E-state index is 5.81. The number of benzene rings is 1. The Morgan fingerprint density at radius 2 is 2.19 bits per heavy atom. The molecule has 1 aromatic carbocycles. The van der Waals surface area contributed by atoms with E-state index in [0.29, 0.717) is 25.7 Å². The van der Waals surface area contributed by atoms with E-state index in [1.807, 2.05) is 32.0 Å². The Morgan fingerprint density at radius 1 is 1.44 bits per heavy atom. The van der Waals surface area contributed by atoms with Gasteiger partial charge in [0.2, 0.25) is 0 Å². The molecule has 0 amide bonds. The zero-order chi connectivity index (χ0) is 11.6. The van der Waals surface area contributed by atoms with Gasteiger partial charge in [0.25, 0.3) is 0 Å². The average molecular weight is 221 g/mol. The van der Waals surface area contributed by atoms with E-state index >= 15 is 0 Å². The maximum Gasteiger partial charge on any atom is 0.123 e. The van der Waals surface area contributed by atoms with Crippen LogP contribution >= 0.6 is 0 Å². The second-order valence-corrected chi connectivity index (χ2v) is 4.82. The third-order valence-electron chi connectivity index (χ3n) is 2.97. The molecule has 1 aromatic rings. The molecule has 3 nitrogen and oxygen atoms in total. The van der Waals surface area contributed by atoms with Crippen LogP contribution in [0.1, 0.15) is 25.3 Å². The average Bonchev–Trinajstić information content (AvgIpc) is 2.70. The van der Waals surface area contributed by atoms with Crippen LogP contribution in [-0.4, -0.2) is 25.4 Å². The lowest BCUT2D eigenvalue weighted by Crippen LogP contribution is -2.35. The number of hydrogen-bond donors (Lipinski definition) is 1. The molecule has 0 aliphatic carbocycles. The molecule has 0 saturated heterocycles. The van der Waals surface area contributed by atoms with Gasteiger partial charge in [-0.15, -0.1) is 0 Å². The van der Waals surface area contributed by atoms with Crippen molar-refractivity contribution in [1.29, 1.82) is 0 Å². The zero-order valence-electron chi connectivity index (χ0n) is 9.90. The molecule has 0 fully saturated rings. The molecule has 1 atom stereocenters. The van der Waals surface area contributed by atoms with Crippen LogP contribution in [0.2, 0.25) is 0 Å². The van der Waals surface area contributed by atoms with Crippen molar-refractivity contribution in [3.8, 4) is 5.75 Å². The second kappa shape index (κ2) is 4.44. The lowest BCUT2D eigenvalue weighted by molar-refractivity contribution is -0.0196. The SMILES string of the molecule is CC(C)(CN)OCC1COc2ccccc21. The maximum atomic E-state index is 5.81. The van der Waals surface area contributed by atoms with Crippen LogP contribution in [0.4, 0.5) is 0 Å². The van der Waals surface area contributed by atoms with E-state index in [2.05, 4.69) is 6.07 Å². The van der Waals surface area contributed by atoms with Crippen LogP contribution in [-0.2, 0) is 4.74 Å². The second-order valence-electron chi connectivity index (χ2n) is 4.82. The summed E-state index contributed by atoms with van der Waals surface area (Å²) in [5.41, 5.74) is 6.62. The minimum Gasteiger partial charge on any atom is -0.493 e. The molecule has 1 aliphatic rings. The first kappa shape index (κ1) is 11.4. The number of fused-ring (bicyclic) bond motifs is 1. The monoisotopic (exact) mass is 221 g/mol. The summed E-state index contributed by atoms with van der Waals surface area (Å²) in [6.07, 6.45) is 0. The lowest BCUT2D eigenvalue weighted by Gasteiger charge is -2.24. The van der Waals surface area contributed by atoms with Crippen LogP contribution in [0.3, 0.4) is 0 Å². The molecule has 0 bridgehead atoms. The number of rotatable bonds is 4. The molecule has 1 heterocycles. The van der Waals surface area contributed by atoms with Crippen molar-refractivity contribution in [1.82, 2.24) is 0 Å². The third-order valence-corrected chi connectivity index (χ3v) is 2.97. The fourth-order valence-electron chi connectivity index (χ4n) is 1.75. The smallest absolute Gasteiger partial charge is 0.123 e. The Hall–Kier alpha value is -1.06. The Morgan fingerprint density at radius 3 is 2.94 bits per heavy atom. The summed E-state index contributed by atoms with van der Waals surface area (Å²) in [6.45, 7) is 5.92. The van der Waals surface area contributed by atoms with E-state index in [1.54, 1.807) is 0 Å². The number of para-hydroxylation sites is 1. The van der Waals surface area contributed by atoms with E-state index in [9.17, 15) is 0 Å². The molecule has 88 valence electrons. The van der Waals surface area contributed by atoms with Crippen molar-refractivity contribution in [2.45, 2.75) is 25.4 Å². The highest BCUT2D eigenvalue weighted by molar-refractivity contribution is 5.39. The molecule has 16 heavy (non-hydrogen) atoms. The molecule has 1 aliphatic heterocycles. The minimum absolute atomic E-state index is 0.252. The summed E-state index contributed by atoms with van der Waals surface area (Å²) in [6, 6.07) is 8.13. The molecule has 0 spiro atoms. The van der Waals surface area contributed by atoms with Gasteiger partial charge < -0.3 is 15.2 Å². The first-order valence-electron chi connectivity index (χ1n) is 5.68. The molecule has 2 rings (SSSR count). The Kier molecular flexibility index (Phi) is 3.17. The lowest BCUT2D eigenvalue weighted by atomic mass is 10.0. The van der Waals surface area contributed by atoms with E-state index in [0.717, 1.165) is 5.75 Å². The number of nitrogens with two attached hydrogens (primary N) is 1. The molecule has 3 heteroatoms. The first-order chi connectivity index (χ1) is 7.62. The number of ether oxygens (including phenoxy) is 2. The standard InChI is InChI=1S/C13H19NO2/c1-13(2,9-14)16-8-10-7-15-12-6-4-3-5-11(10)12/h3-6,10H,7-9,14H2,1-2H3. The highest BCUT2D eigenvalue weighted by Crippen LogP contribution is 2.34. The van der Waals surface area contributed by atoms with Gasteiger partial charge in [0, 0.05) is 18.0 Å². The molecular formula is C13H19NO2. The van der Waals surface area contributed by atoms with Crippen molar-refractivity contribution < 1.29 is 9.47 Å². The van der Waals surface area contributed by atoms with Gasteiger partial charge in [0.1, 0.15) is 5.75 Å². The normalized spacial score (nSPS) is 19.3. The third kappa shape index (κ3) is 2.36. The fourth-order valence-corrected chi connectivity index (χ4v) is 1.75. The highest BCUT2D eigenvalue weighted by Gasteiger charge is 2.26. The first-order valence-corrected chi connectivity index (χ1v) is 5.68. The molecule has 0 radical (unpaired) electrons. The summed E-state index contributed by atoms with van der Waals surface area (Å²) >= 11 is 0. The van der Waals surface area contributed by atoms with Crippen LogP contribution in [0, 0.1) is 0 Å². The number of hydrogen-bond acceptors (Lipinski definition) is 3. The van der Waals surface area contributed by atoms with Gasteiger partial charge in [-0.25, -0.2) is 0 Å². The van der Waals surface area contributed by atoms with Gasteiger partial charge in [0.15, 0.2) is 0 Å². The van der Waals surface area contributed by atoms with Crippen LogP contribution in [0.25, 0.3) is 0 Å². The van der Waals surface area contributed by atoms with Crippen molar-refractivity contribution in [2.24, 2.45) is 5.73 Å². The van der Waals surface area contributed by atoms with Gasteiger partial charge in [-0.3, -0.25) is 0 Å².